The number of rotatable bonds is 11. The van der Waals surface area contributed by atoms with Crippen LogP contribution >= 0.6 is 23.2 Å². The van der Waals surface area contributed by atoms with E-state index in [1.54, 1.807) is 43.3 Å². The van der Waals surface area contributed by atoms with Crippen LogP contribution in [0, 0.1) is 6.92 Å². The predicted octanol–water partition coefficient (Wildman–Crippen LogP) is 6.37. The van der Waals surface area contributed by atoms with Gasteiger partial charge in [-0.3, -0.25) is 13.9 Å². The number of halogens is 2. The molecule has 4 rings (SSSR count). The number of nitrogens with zero attached hydrogens (tertiary/aromatic N) is 2. The number of sulfonamides is 1. The molecule has 1 fully saturated rings. The summed E-state index contributed by atoms with van der Waals surface area (Å²) in [7, 11) is -2.76. The Hall–Kier alpha value is -3.27. The van der Waals surface area contributed by atoms with Crippen molar-refractivity contribution in [3.63, 3.8) is 0 Å². The smallest absolute Gasteiger partial charge is 0.264 e. The molecule has 0 heterocycles. The van der Waals surface area contributed by atoms with Crippen LogP contribution in [0.25, 0.3) is 0 Å². The lowest BCUT2D eigenvalue weighted by Gasteiger charge is -2.33. The lowest BCUT2D eigenvalue weighted by atomic mass is 9.95. The van der Waals surface area contributed by atoms with Crippen molar-refractivity contribution in [2.24, 2.45) is 0 Å². The standard InChI is InChI=1S/C32H37Cl2N3O5S/c1-22-12-15-28(16-13-22)43(40,41)37(27-14-17-30(42-3)29(34)19-27)21-31(38)36(20-24-8-7-9-25(33)18-24)23(2)32(39)35-26-10-5-4-6-11-26/h7-9,12-19,23,26H,4-6,10-11,20-21H2,1-3H3,(H,35,39)/t23-/m1/s1. The van der Waals surface area contributed by atoms with Gasteiger partial charge in [0.15, 0.2) is 0 Å². The molecule has 0 aliphatic heterocycles. The van der Waals surface area contributed by atoms with E-state index in [9.17, 15) is 18.0 Å². The summed E-state index contributed by atoms with van der Waals surface area (Å²) in [4.78, 5) is 29.0. The number of anilines is 1. The van der Waals surface area contributed by atoms with Gasteiger partial charge in [0, 0.05) is 17.6 Å². The second kappa shape index (κ2) is 14.5. The molecule has 8 nitrogen and oxygen atoms in total. The van der Waals surface area contributed by atoms with Gasteiger partial charge in [0.1, 0.15) is 18.3 Å². The quantitative estimate of drug-likeness (QED) is 0.261. The van der Waals surface area contributed by atoms with Crippen LogP contribution in [0.15, 0.2) is 71.6 Å². The second-order valence-corrected chi connectivity index (χ2v) is 13.5. The Balaban J connectivity index is 1.70. The summed E-state index contributed by atoms with van der Waals surface area (Å²) in [5, 5.41) is 3.77. The number of aryl methyl sites for hydroxylation is 1. The SMILES string of the molecule is COc1ccc(N(CC(=O)N(Cc2cccc(Cl)c2)[C@H](C)C(=O)NC2CCCCC2)S(=O)(=O)c2ccc(C)cc2)cc1Cl. The zero-order valence-electron chi connectivity index (χ0n) is 24.6. The molecule has 1 aliphatic rings. The van der Waals surface area contributed by atoms with Gasteiger partial charge in [-0.15, -0.1) is 0 Å². The first-order chi connectivity index (χ1) is 20.5. The van der Waals surface area contributed by atoms with Crippen LogP contribution in [0.1, 0.15) is 50.2 Å². The van der Waals surface area contributed by atoms with Crippen molar-refractivity contribution in [2.45, 2.75) is 69.5 Å². The van der Waals surface area contributed by atoms with E-state index < -0.39 is 28.5 Å². The fourth-order valence-corrected chi connectivity index (χ4v) is 7.03. The number of methoxy groups -OCH3 is 1. The number of nitrogens with one attached hydrogen (secondary N) is 1. The monoisotopic (exact) mass is 645 g/mol. The summed E-state index contributed by atoms with van der Waals surface area (Å²) in [6.45, 7) is 3.00. The Kier molecular flexibility index (Phi) is 11.0. The molecule has 0 bridgehead atoms. The third-order valence-corrected chi connectivity index (χ3v) is 9.99. The molecule has 1 atom stereocenters. The lowest BCUT2D eigenvalue weighted by Crippen LogP contribution is -2.53. The molecule has 0 spiro atoms. The van der Waals surface area contributed by atoms with Crippen molar-refractivity contribution in [2.75, 3.05) is 18.0 Å². The summed E-state index contributed by atoms with van der Waals surface area (Å²) >= 11 is 12.6. The summed E-state index contributed by atoms with van der Waals surface area (Å²) in [5.74, 6) is -0.489. The van der Waals surface area contributed by atoms with Gasteiger partial charge in [0.05, 0.1) is 22.7 Å². The van der Waals surface area contributed by atoms with E-state index in [0.717, 1.165) is 42.0 Å². The molecule has 0 saturated heterocycles. The van der Waals surface area contributed by atoms with Crippen molar-refractivity contribution in [3.8, 4) is 5.75 Å². The van der Waals surface area contributed by atoms with Gasteiger partial charge in [0.25, 0.3) is 10.0 Å². The van der Waals surface area contributed by atoms with Crippen LogP contribution in [0.5, 0.6) is 5.75 Å². The average molecular weight is 647 g/mol. The highest BCUT2D eigenvalue weighted by molar-refractivity contribution is 7.92. The minimum atomic E-state index is -4.22. The fraction of sp³-hybridized carbons (Fsp3) is 0.375. The largest absolute Gasteiger partial charge is 0.495 e. The number of hydrogen-bond donors (Lipinski definition) is 1. The predicted molar refractivity (Wildman–Crippen MR) is 170 cm³/mol. The number of ether oxygens (including phenoxy) is 1. The fourth-order valence-electron chi connectivity index (χ4n) is 5.16. The minimum absolute atomic E-state index is 0.0160. The second-order valence-electron chi connectivity index (χ2n) is 10.8. The molecule has 43 heavy (non-hydrogen) atoms. The first-order valence-corrected chi connectivity index (χ1v) is 16.5. The molecule has 3 aromatic rings. The highest BCUT2D eigenvalue weighted by atomic mass is 35.5. The summed E-state index contributed by atoms with van der Waals surface area (Å²) < 4.78 is 34.3. The Labute approximate surface area is 264 Å². The zero-order valence-corrected chi connectivity index (χ0v) is 26.9. The van der Waals surface area contributed by atoms with E-state index in [-0.39, 0.29) is 34.1 Å². The molecule has 230 valence electrons. The van der Waals surface area contributed by atoms with Crippen LogP contribution in [0.4, 0.5) is 5.69 Å². The summed E-state index contributed by atoms with van der Waals surface area (Å²) in [6, 6.07) is 17.1. The van der Waals surface area contributed by atoms with Crippen molar-refractivity contribution in [1.82, 2.24) is 10.2 Å². The Morgan fingerprint density at radius 3 is 2.33 bits per heavy atom. The molecule has 11 heteroatoms. The molecule has 0 radical (unpaired) electrons. The van der Waals surface area contributed by atoms with Crippen molar-refractivity contribution < 1.29 is 22.7 Å². The summed E-state index contributed by atoms with van der Waals surface area (Å²) in [5.41, 5.74) is 1.78. The third-order valence-electron chi connectivity index (χ3n) is 7.67. The van der Waals surface area contributed by atoms with E-state index in [1.165, 1.54) is 36.3 Å². The first kappa shape index (κ1) is 32.6. The van der Waals surface area contributed by atoms with E-state index in [4.69, 9.17) is 27.9 Å². The number of amides is 2. The first-order valence-electron chi connectivity index (χ1n) is 14.3. The maximum atomic E-state index is 14.1. The van der Waals surface area contributed by atoms with Gasteiger partial charge in [0.2, 0.25) is 11.8 Å². The summed E-state index contributed by atoms with van der Waals surface area (Å²) in [6.07, 6.45) is 5.01. The molecular weight excluding hydrogens is 609 g/mol. The highest BCUT2D eigenvalue weighted by Crippen LogP contribution is 2.32. The van der Waals surface area contributed by atoms with E-state index in [2.05, 4.69) is 5.32 Å². The minimum Gasteiger partial charge on any atom is -0.495 e. The zero-order chi connectivity index (χ0) is 31.1. The topological polar surface area (TPSA) is 96.0 Å². The van der Waals surface area contributed by atoms with Crippen molar-refractivity contribution in [1.29, 1.82) is 0 Å². The number of hydrogen-bond acceptors (Lipinski definition) is 5. The molecule has 0 aromatic heterocycles. The van der Waals surface area contributed by atoms with Gasteiger partial charge in [-0.2, -0.15) is 0 Å². The third kappa shape index (κ3) is 8.22. The van der Waals surface area contributed by atoms with Crippen LogP contribution in [0.3, 0.4) is 0 Å². The Morgan fingerprint density at radius 1 is 1.00 bits per heavy atom. The van der Waals surface area contributed by atoms with Gasteiger partial charge < -0.3 is 15.0 Å². The van der Waals surface area contributed by atoms with Gasteiger partial charge in [-0.05, 0) is 74.7 Å². The van der Waals surface area contributed by atoms with Crippen LogP contribution < -0.4 is 14.4 Å². The van der Waals surface area contributed by atoms with Crippen molar-refractivity contribution in [3.05, 3.63) is 87.9 Å². The van der Waals surface area contributed by atoms with Crippen LogP contribution in [-0.4, -0.2) is 50.9 Å². The molecular formula is C32H37Cl2N3O5S. The molecule has 2 amide bonds. The van der Waals surface area contributed by atoms with E-state index >= 15 is 0 Å². The maximum absolute atomic E-state index is 14.1. The molecule has 1 N–H and O–H groups in total. The molecule has 1 saturated carbocycles. The van der Waals surface area contributed by atoms with Crippen molar-refractivity contribution >= 4 is 50.7 Å². The number of carbonyl (C=O) groups excluding carboxylic acids is 2. The Bertz CT molecular complexity index is 1540. The number of carbonyl (C=O) groups is 2. The van der Waals surface area contributed by atoms with E-state index in [0.29, 0.717) is 16.3 Å². The molecule has 3 aromatic carbocycles. The molecule has 1 aliphatic carbocycles. The van der Waals surface area contributed by atoms with Gasteiger partial charge in [-0.1, -0.05) is 72.3 Å². The van der Waals surface area contributed by atoms with Gasteiger partial charge >= 0.3 is 0 Å². The normalized spacial score (nSPS) is 14.5. The number of benzene rings is 3. The Morgan fingerprint density at radius 2 is 1.70 bits per heavy atom. The highest BCUT2D eigenvalue weighted by Gasteiger charge is 2.33. The van der Waals surface area contributed by atoms with Crippen LogP contribution in [-0.2, 0) is 26.2 Å². The average Bonchev–Trinajstić information content (AvgIpc) is 2.99. The van der Waals surface area contributed by atoms with Crippen LogP contribution in [0.2, 0.25) is 10.0 Å². The maximum Gasteiger partial charge on any atom is 0.264 e. The van der Waals surface area contributed by atoms with Gasteiger partial charge in [-0.25, -0.2) is 8.42 Å². The lowest BCUT2D eigenvalue weighted by molar-refractivity contribution is -0.139. The van der Waals surface area contributed by atoms with E-state index in [1.807, 2.05) is 13.0 Å². The molecule has 0 unspecified atom stereocenters.